The normalized spacial score (nSPS) is 11.9. The molecule has 0 bridgehead atoms. The molecule has 27 heavy (non-hydrogen) atoms. The van der Waals surface area contributed by atoms with Crippen molar-refractivity contribution in [1.29, 1.82) is 0 Å². The first-order chi connectivity index (χ1) is 13.4. The van der Waals surface area contributed by atoms with Crippen LogP contribution in [0.25, 0.3) is 0 Å². The van der Waals surface area contributed by atoms with E-state index in [2.05, 4.69) is 38.2 Å². The molecule has 0 heterocycles. The molecule has 0 amide bonds. The molecular formula is C27H52. The van der Waals surface area contributed by atoms with Crippen molar-refractivity contribution in [3.05, 3.63) is 24.3 Å². The van der Waals surface area contributed by atoms with Gasteiger partial charge in [-0.15, -0.1) is 0 Å². The second-order valence-electron chi connectivity index (χ2n) is 8.40. The van der Waals surface area contributed by atoms with Crippen LogP contribution in [0.2, 0.25) is 0 Å². The van der Waals surface area contributed by atoms with Gasteiger partial charge in [0, 0.05) is 0 Å². The monoisotopic (exact) mass is 376 g/mol. The molecule has 0 nitrogen and oxygen atoms in total. The highest BCUT2D eigenvalue weighted by molar-refractivity contribution is 4.88. The topological polar surface area (TPSA) is 0 Å². The lowest BCUT2D eigenvalue weighted by atomic mass is 10.0. The maximum atomic E-state index is 2.41. The number of allylic oxidation sites excluding steroid dienone is 4. The van der Waals surface area contributed by atoms with Crippen LogP contribution in [-0.4, -0.2) is 0 Å². The zero-order valence-electron chi connectivity index (χ0n) is 19.2. The predicted octanol–water partition coefficient (Wildman–Crippen LogP) is 10.3. The van der Waals surface area contributed by atoms with Crippen molar-refractivity contribution in [3.63, 3.8) is 0 Å². The molecule has 0 saturated carbocycles. The average Bonchev–Trinajstić information content (AvgIpc) is 2.68. The van der Waals surface area contributed by atoms with Gasteiger partial charge in [0.05, 0.1) is 0 Å². The molecular weight excluding hydrogens is 324 g/mol. The highest BCUT2D eigenvalue weighted by Gasteiger charge is 1.93. The van der Waals surface area contributed by atoms with Crippen LogP contribution >= 0.6 is 0 Å². The van der Waals surface area contributed by atoms with Gasteiger partial charge in [0.25, 0.3) is 0 Å². The molecule has 0 radical (unpaired) electrons. The van der Waals surface area contributed by atoms with E-state index < -0.39 is 0 Å². The van der Waals surface area contributed by atoms with Gasteiger partial charge in [0.15, 0.2) is 0 Å². The molecule has 0 unspecified atom stereocenters. The molecule has 0 atom stereocenters. The molecule has 0 N–H and O–H groups in total. The molecule has 160 valence electrons. The Labute approximate surface area is 173 Å². The Morgan fingerprint density at radius 3 is 0.926 bits per heavy atom. The molecule has 0 aliphatic heterocycles. The van der Waals surface area contributed by atoms with Gasteiger partial charge in [0.1, 0.15) is 0 Å². The van der Waals surface area contributed by atoms with Crippen LogP contribution in [-0.2, 0) is 0 Å². The smallest absolute Gasteiger partial charge is 0.0316 e. The fourth-order valence-corrected chi connectivity index (χ4v) is 3.63. The molecule has 0 aliphatic carbocycles. The van der Waals surface area contributed by atoms with E-state index in [1.54, 1.807) is 0 Å². The lowest BCUT2D eigenvalue weighted by molar-refractivity contribution is 0.540. The van der Waals surface area contributed by atoms with E-state index in [1.165, 1.54) is 135 Å². The Bertz CT molecular complexity index is 299. The lowest BCUT2D eigenvalue weighted by Gasteiger charge is -2.02. The highest BCUT2D eigenvalue weighted by atomic mass is 14.0. The quantitative estimate of drug-likeness (QED) is 0.130. The Kier molecular flexibility index (Phi) is 25.0. The van der Waals surface area contributed by atoms with Crippen molar-refractivity contribution in [2.24, 2.45) is 0 Å². The second-order valence-corrected chi connectivity index (χ2v) is 8.40. The van der Waals surface area contributed by atoms with Crippen LogP contribution in [0.5, 0.6) is 0 Å². The van der Waals surface area contributed by atoms with Crippen LogP contribution < -0.4 is 0 Å². The predicted molar refractivity (Wildman–Crippen MR) is 127 cm³/mol. The van der Waals surface area contributed by atoms with E-state index in [1.807, 2.05) is 0 Å². The van der Waals surface area contributed by atoms with Crippen molar-refractivity contribution in [1.82, 2.24) is 0 Å². The third-order valence-corrected chi connectivity index (χ3v) is 5.53. The second kappa shape index (κ2) is 25.5. The molecule has 0 rings (SSSR count). The minimum Gasteiger partial charge on any atom is -0.0885 e. The summed E-state index contributed by atoms with van der Waals surface area (Å²) in [7, 11) is 0. The van der Waals surface area contributed by atoms with E-state index >= 15 is 0 Å². The largest absolute Gasteiger partial charge is 0.0885 e. The first kappa shape index (κ1) is 26.5. The van der Waals surface area contributed by atoms with E-state index in [-0.39, 0.29) is 0 Å². The lowest BCUT2D eigenvalue weighted by Crippen LogP contribution is -1.82. The van der Waals surface area contributed by atoms with Crippen molar-refractivity contribution < 1.29 is 0 Å². The summed E-state index contributed by atoms with van der Waals surface area (Å²) in [5, 5.41) is 0. The van der Waals surface area contributed by atoms with Crippen molar-refractivity contribution in [2.75, 3.05) is 0 Å². The first-order valence-electron chi connectivity index (χ1n) is 12.7. The Morgan fingerprint density at radius 1 is 0.296 bits per heavy atom. The summed E-state index contributed by atoms with van der Waals surface area (Å²) in [6.45, 7) is 4.58. The SMILES string of the molecule is CCCCCC/C=C/CC/C=C/CCCCCCCCCCCCCCC. The standard InChI is InChI=1S/C27H52/c1-3-5-7-9-11-13-15-17-19-21-23-25-27-26-24-22-20-18-16-14-12-10-8-6-4-2/h13,15,21,23H,3-12,14,16-20,22,24-27H2,1-2H3/b15-13+,23-21+. The third kappa shape index (κ3) is 25.5. The van der Waals surface area contributed by atoms with E-state index in [4.69, 9.17) is 0 Å². The van der Waals surface area contributed by atoms with Crippen LogP contribution in [0.3, 0.4) is 0 Å². The summed E-state index contributed by atoms with van der Waals surface area (Å²) < 4.78 is 0. The summed E-state index contributed by atoms with van der Waals surface area (Å²) in [5.41, 5.74) is 0. The Hall–Kier alpha value is -0.520. The Balaban J connectivity index is 3.11. The summed E-state index contributed by atoms with van der Waals surface area (Å²) in [6.07, 6.45) is 38.9. The molecule has 0 aromatic rings. The van der Waals surface area contributed by atoms with Gasteiger partial charge in [-0.25, -0.2) is 0 Å². The summed E-state index contributed by atoms with van der Waals surface area (Å²) in [4.78, 5) is 0. The summed E-state index contributed by atoms with van der Waals surface area (Å²) in [5.74, 6) is 0. The maximum Gasteiger partial charge on any atom is -0.0316 e. The molecule has 0 aromatic heterocycles. The number of hydrogen-bond acceptors (Lipinski definition) is 0. The zero-order valence-corrected chi connectivity index (χ0v) is 19.2. The minimum atomic E-state index is 1.23. The molecule has 0 fully saturated rings. The van der Waals surface area contributed by atoms with Gasteiger partial charge < -0.3 is 0 Å². The molecule has 0 saturated heterocycles. The number of hydrogen-bond donors (Lipinski definition) is 0. The Morgan fingerprint density at radius 2 is 0.556 bits per heavy atom. The maximum absolute atomic E-state index is 2.41. The molecule has 0 aromatic carbocycles. The van der Waals surface area contributed by atoms with E-state index in [0.717, 1.165) is 0 Å². The van der Waals surface area contributed by atoms with Crippen molar-refractivity contribution in [2.45, 2.75) is 149 Å². The van der Waals surface area contributed by atoms with Crippen LogP contribution in [0, 0.1) is 0 Å². The van der Waals surface area contributed by atoms with Gasteiger partial charge in [-0.3, -0.25) is 0 Å². The highest BCUT2D eigenvalue weighted by Crippen LogP contribution is 2.13. The summed E-state index contributed by atoms with van der Waals surface area (Å²) >= 11 is 0. The third-order valence-electron chi connectivity index (χ3n) is 5.53. The van der Waals surface area contributed by atoms with E-state index in [0.29, 0.717) is 0 Å². The van der Waals surface area contributed by atoms with E-state index in [9.17, 15) is 0 Å². The van der Waals surface area contributed by atoms with Gasteiger partial charge >= 0.3 is 0 Å². The van der Waals surface area contributed by atoms with Crippen LogP contribution in [0.4, 0.5) is 0 Å². The van der Waals surface area contributed by atoms with Crippen LogP contribution in [0.1, 0.15) is 149 Å². The van der Waals surface area contributed by atoms with Crippen molar-refractivity contribution >= 4 is 0 Å². The molecule has 0 spiro atoms. The minimum absolute atomic E-state index is 1.23. The van der Waals surface area contributed by atoms with Crippen LogP contribution in [0.15, 0.2) is 24.3 Å². The fraction of sp³-hybridized carbons (Fsp3) is 0.852. The molecule has 0 aliphatic rings. The fourth-order valence-electron chi connectivity index (χ4n) is 3.63. The van der Waals surface area contributed by atoms with Gasteiger partial charge in [-0.2, -0.15) is 0 Å². The first-order valence-corrected chi connectivity index (χ1v) is 12.7. The average molecular weight is 377 g/mol. The van der Waals surface area contributed by atoms with Gasteiger partial charge in [-0.05, 0) is 38.5 Å². The van der Waals surface area contributed by atoms with Crippen molar-refractivity contribution in [3.8, 4) is 0 Å². The number of rotatable bonds is 22. The zero-order chi connectivity index (χ0) is 19.7. The summed E-state index contributed by atoms with van der Waals surface area (Å²) in [6, 6.07) is 0. The molecule has 0 heteroatoms. The number of unbranched alkanes of at least 4 members (excludes halogenated alkanes) is 18. The van der Waals surface area contributed by atoms with Gasteiger partial charge in [0.2, 0.25) is 0 Å². The van der Waals surface area contributed by atoms with Gasteiger partial charge in [-0.1, -0.05) is 134 Å².